The van der Waals surface area contributed by atoms with E-state index in [0.717, 1.165) is 18.0 Å². The topological polar surface area (TPSA) is 25.2 Å². The molecule has 0 radical (unpaired) electrons. The van der Waals surface area contributed by atoms with Gasteiger partial charge in [0.1, 0.15) is 0 Å². The van der Waals surface area contributed by atoms with E-state index in [4.69, 9.17) is 0 Å². The van der Waals surface area contributed by atoms with Crippen LogP contribution in [-0.4, -0.2) is 9.67 Å². The van der Waals surface area contributed by atoms with Crippen LogP contribution in [0.3, 0.4) is 0 Å². The molecular formula is C22H21NOS. The van der Waals surface area contributed by atoms with Crippen molar-refractivity contribution in [2.75, 3.05) is 0 Å². The molecule has 2 aromatic heterocycles. The third-order valence-electron chi connectivity index (χ3n) is 5.39. The maximum atomic E-state index is 9.74. The highest BCUT2D eigenvalue weighted by Gasteiger charge is 2.25. The zero-order valence-electron chi connectivity index (χ0n) is 14.3. The van der Waals surface area contributed by atoms with Crippen molar-refractivity contribution in [1.82, 2.24) is 4.57 Å². The fraction of sp³-hybridized carbons (Fsp3) is 0.273. The predicted octanol–water partition coefficient (Wildman–Crippen LogP) is 5.73. The number of rotatable bonds is 4. The molecule has 5 rings (SSSR count). The summed E-state index contributed by atoms with van der Waals surface area (Å²) < 4.78 is 3.78. The van der Waals surface area contributed by atoms with Gasteiger partial charge in [-0.3, -0.25) is 0 Å². The van der Waals surface area contributed by atoms with Crippen LogP contribution in [-0.2, 0) is 13.2 Å². The molecule has 3 heteroatoms. The maximum absolute atomic E-state index is 9.74. The number of aliphatic hydroxyl groups excluding tert-OH is 1. The Kier molecular flexibility index (Phi) is 3.47. The molecule has 0 unspecified atom stereocenters. The number of hydrogen-bond acceptors (Lipinski definition) is 2. The summed E-state index contributed by atoms with van der Waals surface area (Å²) in [4.78, 5) is 1.34. The average Bonchev–Trinajstić information content (AvgIpc) is 3.30. The van der Waals surface area contributed by atoms with E-state index in [2.05, 4.69) is 47.9 Å². The van der Waals surface area contributed by atoms with Gasteiger partial charge in [0.15, 0.2) is 0 Å². The number of nitrogens with zero attached hydrogens (tertiary/aromatic N) is 1. The summed E-state index contributed by atoms with van der Waals surface area (Å²) in [6.07, 6.45) is 2.71. The van der Waals surface area contributed by atoms with E-state index < -0.39 is 0 Å². The van der Waals surface area contributed by atoms with Crippen LogP contribution in [0.5, 0.6) is 0 Å². The van der Waals surface area contributed by atoms with Crippen molar-refractivity contribution in [2.24, 2.45) is 5.92 Å². The van der Waals surface area contributed by atoms with E-state index in [1.165, 1.54) is 50.0 Å². The molecule has 25 heavy (non-hydrogen) atoms. The standard InChI is InChI=1S/C22H21NOS/c1-14-21-17(13-24)6-4-8-20(21)25-22(14)19-11-16-5-2-3-7-18(16)23(19)12-15-9-10-15/h2-8,11,15,24H,9-10,12-13H2,1H3. The van der Waals surface area contributed by atoms with Crippen molar-refractivity contribution in [2.45, 2.75) is 32.9 Å². The average molecular weight is 347 g/mol. The summed E-state index contributed by atoms with van der Waals surface area (Å²) in [5, 5.41) is 12.3. The quantitative estimate of drug-likeness (QED) is 0.501. The van der Waals surface area contributed by atoms with E-state index in [0.29, 0.717) is 0 Å². The van der Waals surface area contributed by atoms with E-state index in [9.17, 15) is 5.11 Å². The number of fused-ring (bicyclic) bond motifs is 2. The number of aromatic nitrogens is 1. The molecular weight excluding hydrogens is 326 g/mol. The molecule has 0 atom stereocenters. The summed E-state index contributed by atoms with van der Waals surface area (Å²) in [5.41, 5.74) is 4.99. The highest BCUT2D eigenvalue weighted by Crippen LogP contribution is 2.43. The van der Waals surface area contributed by atoms with Crippen molar-refractivity contribution in [3.63, 3.8) is 0 Å². The fourth-order valence-corrected chi connectivity index (χ4v) is 5.20. The lowest BCUT2D eigenvalue weighted by Gasteiger charge is -2.10. The second-order valence-corrected chi connectivity index (χ2v) is 8.20. The molecule has 1 aliphatic carbocycles. The van der Waals surface area contributed by atoms with Crippen LogP contribution in [0.1, 0.15) is 24.0 Å². The van der Waals surface area contributed by atoms with Crippen molar-refractivity contribution in [3.05, 3.63) is 59.7 Å². The molecule has 2 heterocycles. The van der Waals surface area contributed by atoms with Gasteiger partial charge in [-0.15, -0.1) is 11.3 Å². The first-order valence-corrected chi connectivity index (χ1v) is 9.78. The van der Waals surface area contributed by atoms with Crippen LogP contribution in [0.4, 0.5) is 0 Å². The Bertz CT molecular complexity index is 1080. The van der Waals surface area contributed by atoms with Gasteiger partial charge in [-0.1, -0.05) is 30.3 Å². The monoisotopic (exact) mass is 347 g/mol. The Balaban J connectivity index is 1.78. The van der Waals surface area contributed by atoms with Gasteiger partial charge < -0.3 is 9.67 Å². The molecule has 0 bridgehead atoms. The van der Waals surface area contributed by atoms with Crippen molar-refractivity contribution in [1.29, 1.82) is 0 Å². The first kappa shape index (κ1) is 15.2. The third-order valence-corrected chi connectivity index (χ3v) is 6.67. The SMILES string of the molecule is Cc1c(-c2cc3ccccc3n2CC2CC2)sc2cccc(CO)c12. The van der Waals surface area contributed by atoms with Crippen molar-refractivity contribution in [3.8, 4) is 10.6 Å². The molecule has 0 spiro atoms. The Morgan fingerprint density at radius 3 is 2.76 bits per heavy atom. The van der Waals surface area contributed by atoms with E-state index >= 15 is 0 Å². The number of para-hydroxylation sites is 1. The molecule has 2 nitrogen and oxygen atoms in total. The van der Waals surface area contributed by atoms with Crippen molar-refractivity contribution < 1.29 is 5.11 Å². The summed E-state index contributed by atoms with van der Waals surface area (Å²) in [5.74, 6) is 0.831. The number of aryl methyl sites for hydroxylation is 1. The normalized spacial score (nSPS) is 14.6. The van der Waals surface area contributed by atoms with Crippen LogP contribution in [0.15, 0.2) is 48.5 Å². The lowest BCUT2D eigenvalue weighted by molar-refractivity contribution is 0.283. The minimum Gasteiger partial charge on any atom is -0.392 e. The second-order valence-electron chi connectivity index (χ2n) is 7.15. The summed E-state index contributed by atoms with van der Waals surface area (Å²) in [6.45, 7) is 3.41. The van der Waals surface area contributed by atoms with Gasteiger partial charge in [0.05, 0.1) is 17.2 Å². The molecule has 0 saturated heterocycles. The number of aliphatic hydroxyl groups is 1. The predicted molar refractivity (Wildman–Crippen MR) is 106 cm³/mol. The van der Waals surface area contributed by atoms with Crippen LogP contribution in [0, 0.1) is 12.8 Å². The second kappa shape index (κ2) is 5.72. The molecule has 1 N–H and O–H groups in total. The van der Waals surface area contributed by atoms with Gasteiger partial charge in [-0.05, 0) is 55.0 Å². The minimum absolute atomic E-state index is 0.0966. The van der Waals surface area contributed by atoms with Crippen LogP contribution in [0.2, 0.25) is 0 Å². The summed E-state index contributed by atoms with van der Waals surface area (Å²) in [6, 6.07) is 17.3. The van der Waals surface area contributed by atoms with Gasteiger partial charge in [0.2, 0.25) is 0 Å². The molecule has 2 aromatic carbocycles. The van der Waals surface area contributed by atoms with Crippen LogP contribution in [0.25, 0.3) is 31.6 Å². The van der Waals surface area contributed by atoms with Crippen LogP contribution < -0.4 is 0 Å². The molecule has 1 aliphatic rings. The zero-order chi connectivity index (χ0) is 17.0. The van der Waals surface area contributed by atoms with E-state index in [1.807, 2.05) is 23.5 Å². The summed E-state index contributed by atoms with van der Waals surface area (Å²) in [7, 11) is 0. The molecule has 1 fully saturated rings. The fourth-order valence-electron chi connectivity index (χ4n) is 3.92. The Labute approximate surface area is 151 Å². The first-order valence-electron chi connectivity index (χ1n) is 8.96. The van der Waals surface area contributed by atoms with Gasteiger partial charge in [0.25, 0.3) is 0 Å². The molecule has 4 aromatic rings. The Morgan fingerprint density at radius 2 is 1.96 bits per heavy atom. The van der Waals surface area contributed by atoms with Gasteiger partial charge >= 0.3 is 0 Å². The molecule has 1 saturated carbocycles. The highest BCUT2D eigenvalue weighted by molar-refractivity contribution is 7.22. The molecule has 0 aliphatic heterocycles. The third kappa shape index (κ3) is 2.42. The largest absolute Gasteiger partial charge is 0.392 e. The number of thiophene rings is 1. The van der Waals surface area contributed by atoms with Gasteiger partial charge in [-0.2, -0.15) is 0 Å². The highest BCUT2D eigenvalue weighted by atomic mass is 32.1. The number of hydrogen-bond donors (Lipinski definition) is 1. The van der Waals surface area contributed by atoms with Gasteiger partial charge in [0, 0.05) is 27.5 Å². The lowest BCUT2D eigenvalue weighted by Crippen LogP contribution is -2.01. The Morgan fingerprint density at radius 1 is 1.12 bits per heavy atom. The molecule has 0 amide bonds. The smallest absolute Gasteiger partial charge is 0.0688 e. The molecule has 126 valence electrons. The minimum atomic E-state index is 0.0966. The zero-order valence-corrected chi connectivity index (χ0v) is 15.1. The van der Waals surface area contributed by atoms with Gasteiger partial charge in [-0.25, -0.2) is 0 Å². The summed E-state index contributed by atoms with van der Waals surface area (Å²) >= 11 is 1.85. The van der Waals surface area contributed by atoms with E-state index in [1.54, 1.807) is 0 Å². The first-order chi connectivity index (χ1) is 12.3. The van der Waals surface area contributed by atoms with Crippen molar-refractivity contribution >= 4 is 32.3 Å². The Hall–Kier alpha value is -2.10. The van der Waals surface area contributed by atoms with E-state index in [-0.39, 0.29) is 6.61 Å². The lowest BCUT2D eigenvalue weighted by atomic mass is 10.1. The maximum Gasteiger partial charge on any atom is 0.0688 e. The van der Waals surface area contributed by atoms with Crippen LogP contribution >= 0.6 is 11.3 Å². The number of benzene rings is 2.